The highest BCUT2D eigenvalue weighted by Crippen LogP contribution is 2.24. The van der Waals surface area contributed by atoms with Crippen molar-refractivity contribution in [1.82, 2.24) is 15.4 Å². The Morgan fingerprint density at radius 1 is 1.40 bits per heavy atom. The maximum Gasteiger partial charge on any atom is 0.361 e. The zero-order chi connectivity index (χ0) is 14.4. The quantitative estimate of drug-likeness (QED) is 0.765. The molecular formula is C13H15N3O4. The van der Waals surface area contributed by atoms with E-state index in [-0.39, 0.29) is 25.5 Å². The summed E-state index contributed by atoms with van der Waals surface area (Å²) in [7, 11) is 0. The molecule has 2 N–H and O–H groups in total. The first-order valence-electron chi connectivity index (χ1n) is 6.18. The number of nitrogens with zero attached hydrogens (tertiary/aromatic N) is 2. The first-order valence-corrected chi connectivity index (χ1v) is 6.18. The van der Waals surface area contributed by atoms with E-state index < -0.39 is 5.97 Å². The van der Waals surface area contributed by atoms with E-state index in [1.165, 1.54) is 0 Å². The van der Waals surface area contributed by atoms with Gasteiger partial charge in [0.2, 0.25) is 0 Å². The second-order valence-corrected chi connectivity index (χ2v) is 3.84. The number of ether oxygens (including phenoxy) is 2. The number of carbonyl (C=O) groups is 1. The minimum Gasteiger partial charge on any atom is -0.491 e. The highest BCUT2D eigenvalue weighted by Gasteiger charge is 2.19. The van der Waals surface area contributed by atoms with Crippen LogP contribution in [0.2, 0.25) is 0 Å². The molecule has 0 amide bonds. The standard InChI is InChI=1S/C13H15N3O4/c1-2-19-13(18)12-11(14-16-15-12)9-4-3-5-10(8-9)20-7-6-17/h3-5,8,17H,2,6-7H2,1H3,(H,14,15,16). The molecule has 1 heterocycles. The van der Waals surface area contributed by atoms with Crippen LogP contribution in [0.5, 0.6) is 5.75 Å². The van der Waals surface area contributed by atoms with Crippen LogP contribution in [0.1, 0.15) is 17.4 Å². The number of aliphatic hydroxyl groups is 1. The number of esters is 1. The van der Waals surface area contributed by atoms with E-state index in [1.54, 1.807) is 31.2 Å². The van der Waals surface area contributed by atoms with Gasteiger partial charge in [0.1, 0.15) is 18.1 Å². The number of aliphatic hydroxyl groups excluding tert-OH is 1. The first kappa shape index (κ1) is 14.0. The lowest BCUT2D eigenvalue weighted by molar-refractivity contribution is 0.0520. The molecule has 0 saturated carbocycles. The van der Waals surface area contributed by atoms with Crippen molar-refractivity contribution in [2.45, 2.75) is 6.92 Å². The summed E-state index contributed by atoms with van der Waals surface area (Å²) in [6.07, 6.45) is 0. The average molecular weight is 277 g/mol. The second kappa shape index (κ2) is 6.67. The third kappa shape index (κ3) is 3.12. The second-order valence-electron chi connectivity index (χ2n) is 3.84. The normalized spacial score (nSPS) is 10.3. The van der Waals surface area contributed by atoms with Crippen LogP contribution in [0.4, 0.5) is 0 Å². The Kier molecular flexibility index (Phi) is 4.67. The molecular weight excluding hydrogens is 262 g/mol. The summed E-state index contributed by atoms with van der Waals surface area (Å²) < 4.78 is 10.2. The van der Waals surface area contributed by atoms with Crippen molar-refractivity contribution in [2.24, 2.45) is 0 Å². The van der Waals surface area contributed by atoms with E-state index in [0.29, 0.717) is 17.0 Å². The molecule has 2 rings (SSSR count). The predicted octanol–water partition coefficient (Wildman–Crippen LogP) is 1.02. The molecule has 1 aromatic heterocycles. The summed E-state index contributed by atoms with van der Waals surface area (Å²) in [4.78, 5) is 11.7. The maximum atomic E-state index is 11.7. The number of aromatic amines is 1. The molecule has 7 heteroatoms. The van der Waals surface area contributed by atoms with Gasteiger partial charge in [-0.15, -0.1) is 5.10 Å². The topological polar surface area (TPSA) is 97.3 Å². The minimum absolute atomic E-state index is 0.0672. The van der Waals surface area contributed by atoms with Gasteiger partial charge >= 0.3 is 5.97 Å². The van der Waals surface area contributed by atoms with Crippen molar-refractivity contribution in [1.29, 1.82) is 0 Å². The molecule has 106 valence electrons. The number of H-pyrrole nitrogens is 1. The summed E-state index contributed by atoms with van der Waals surface area (Å²) in [6, 6.07) is 7.03. The molecule has 20 heavy (non-hydrogen) atoms. The molecule has 1 aromatic carbocycles. The van der Waals surface area contributed by atoms with Crippen LogP contribution in [0.3, 0.4) is 0 Å². The van der Waals surface area contributed by atoms with Gasteiger partial charge in [0.15, 0.2) is 5.69 Å². The number of aromatic nitrogens is 3. The van der Waals surface area contributed by atoms with Crippen molar-refractivity contribution < 1.29 is 19.4 Å². The lowest BCUT2D eigenvalue weighted by Crippen LogP contribution is -2.07. The monoisotopic (exact) mass is 277 g/mol. The SMILES string of the molecule is CCOC(=O)c1n[nH]nc1-c1cccc(OCCO)c1. The van der Waals surface area contributed by atoms with Gasteiger partial charge in [0.25, 0.3) is 0 Å². The van der Waals surface area contributed by atoms with Gasteiger partial charge in [-0.05, 0) is 19.1 Å². The molecule has 0 aliphatic carbocycles. The molecule has 0 radical (unpaired) electrons. The van der Waals surface area contributed by atoms with Gasteiger partial charge in [-0.1, -0.05) is 12.1 Å². The van der Waals surface area contributed by atoms with Gasteiger partial charge in [0.05, 0.1) is 13.2 Å². The lowest BCUT2D eigenvalue weighted by atomic mass is 10.1. The molecule has 7 nitrogen and oxygen atoms in total. The summed E-state index contributed by atoms with van der Waals surface area (Å²) >= 11 is 0. The number of carbonyl (C=O) groups excluding carboxylic acids is 1. The van der Waals surface area contributed by atoms with Crippen molar-refractivity contribution in [3.63, 3.8) is 0 Å². The van der Waals surface area contributed by atoms with Crippen LogP contribution in [-0.4, -0.2) is 46.3 Å². The largest absolute Gasteiger partial charge is 0.491 e. The van der Waals surface area contributed by atoms with Crippen molar-refractivity contribution in [2.75, 3.05) is 19.8 Å². The van der Waals surface area contributed by atoms with Gasteiger partial charge in [0, 0.05) is 5.56 Å². The summed E-state index contributed by atoms with van der Waals surface area (Å²) in [5, 5.41) is 18.9. The highest BCUT2D eigenvalue weighted by atomic mass is 16.5. The van der Waals surface area contributed by atoms with E-state index in [9.17, 15) is 4.79 Å². The van der Waals surface area contributed by atoms with Crippen LogP contribution in [0, 0.1) is 0 Å². The van der Waals surface area contributed by atoms with E-state index in [4.69, 9.17) is 14.6 Å². The predicted molar refractivity (Wildman–Crippen MR) is 70.4 cm³/mol. The molecule has 0 bridgehead atoms. The van der Waals surface area contributed by atoms with E-state index in [2.05, 4.69) is 15.4 Å². The molecule has 0 aliphatic rings. The number of hydrogen-bond donors (Lipinski definition) is 2. The minimum atomic E-state index is -0.530. The zero-order valence-corrected chi connectivity index (χ0v) is 11.0. The molecule has 2 aromatic rings. The number of benzene rings is 1. The fraction of sp³-hybridized carbons (Fsp3) is 0.308. The third-order valence-electron chi connectivity index (χ3n) is 2.48. The zero-order valence-electron chi connectivity index (χ0n) is 11.0. The molecule has 0 fully saturated rings. The maximum absolute atomic E-state index is 11.7. The van der Waals surface area contributed by atoms with E-state index in [0.717, 1.165) is 0 Å². The first-order chi connectivity index (χ1) is 9.76. The molecule has 0 atom stereocenters. The van der Waals surface area contributed by atoms with Crippen LogP contribution >= 0.6 is 0 Å². The van der Waals surface area contributed by atoms with Gasteiger partial charge in [-0.2, -0.15) is 10.3 Å². The van der Waals surface area contributed by atoms with E-state index in [1.807, 2.05) is 0 Å². The van der Waals surface area contributed by atoms with Crippen molar-refractivity contribution in [3.8, 4) is 17.0 Å². The summed E-state index contributed by atoms with van der Waals surface area (Å²) in [5.41, 5.74) is 1.21. The molecule has 0 aliphatic heterocycles. The van der Waals surface area contributed by atoms with Crippen LogP contribution < -0.4 is 4.74 Å². The fourth-order valence-electron chi connectivity index (χ4n) is 1.67. The van der Waals surface area contributed by atoms with Gasteiger partial charge < -0.3 is 14.6 Å². The number of nitrogens with one attached hydrogen (secondary N) is 1. The molecule has 0 spiro atoms. The Labute approximate surface area is 115 Å². The van der Waals surface area contributed by atoms with Crippen LogP contribution in [-0.2, 0) is 4.74 Å². The number of hydrogen-bond acceptors (Lipinski definition) is 6. The Morgan fingerprint density at radius 2 is 2.25 bits per heavy atom. The number of rotatable bonds is 6. The van der Waals surface area contributed by atoms with Crippen molar-refractivity contribution in [3.05, 3.63) is 30.0 Å². The Balaban J connectivity index is 2.27. The summed E-state index contributed by atoms with van der Waals surface area (Å²) in [5.74, 6) is 0.0484. The fourth-order valence-corrected chi connectivity index (χ4v) is 1.67. The smallest absolute Gasteiger partial charge is 0.361 e. The molecule has 0 unspecified atom stereocenters. The third-order valence-corrected chi connectivity index (χ3v) is 2.48. The lowest BCUT2D eigenvalue weighted by Gasteiger charge is -2.06. The Hall–Kier alpha value is -2.41. The van der Waals surface area contributed by atoms with Gasteiger partial charge in [-0.25, -0.2) is 4.79 Å². The van der Waals surface area contributed by atoms with E-state index >= 15 is 0 Å². The van der Waals surface area contributed by atoms with Crippen molar-refractivity contribution >= 4 is 5.97 Å². The molecule has 0 saturated heterocycles. The average Bonchev–Trinajstić information content (AvgIpc) is 2.95. The van der Waals surface area contributed by atoms with Crippen LogP contribution in [0.15, 0.2) is 24.3 Å². The van der Waals surface area contributed by atoms with Crippen LogP contribution in [0.25, 0.3) is 11.3 Å². The summed E-state index contributed by atoms with van der Waals surface area (Å²) in [6.45, 7) is 2.13. The highest BCUT2D eigenvalue weighted by molar-refractivity contribution is 5.93. The Bertz CT molecular complexity index is 583. The Morgan fingerprint density at radius 3 is 3.00 bits per heavy atom. The van der Waals surface area contributed by atoms with Gasteiger partial charge in [-0.3, -0.25) is 0 Å².